The zero-order valence-corrected chi connectivity index (χ0v) is 10.6. The van der Waals surface area contributed by atoms with Crippen LogP contribution in [0.3, 0.4) is 0 Å². The van der Waals surface area contributed by atoms with Gasteiger partial charge in [0.1, 0.15) is 5.82 Å². The SMILES string of the molecule is CSc1ccc(NC(C)CC2CC2)cc1F. The Morgan fingerprint density at radius 1 is 1.50 bits per heavy atom. The lowest BCUT2D eigenvalue weighted by atomic mass is 10.1. The summed E-state index contributed by atoms with van der Waals surface area (Å²) >= 11 is 1.44. The predicted octanol–water partition coefficient (Wildman–Crippen LogP) is 4.15. The smallest absolute Gasteiger partial charge is 0.138 e. The maximum Gasteiger partial charge on any atom is 0.138 e. The van der Waals surface area contributed by atoms with Crippen LogP contribution in [0.15, 0.2) is 23.1 Å². The molecule has 0 heterocycles. The Morgan fingerprint density at radius 2 is 2.25 bits per heavy atom. The minimum Gasteiger partial charge on any atom is -0.382 e. The average molecular weight is 239 g/mol. The number of thioether (sulfide) groups is 1. The van der Waals surface area contributed by atoms with Gasteiger partial charge in [0.15, 0.2) is 0 Å². The lowest BCUT2D eigenvalue weighted by Gasteiger charge is -2.15. The van der Waals surface area contributed by atoms with Crippen molar-refractivity contribution >= 4 is 17.4 Å². The Balaban J connectivity index is 1.95. The van der Waals surface area contributed by atoms with Gasteiger partial charge >= 0.3 is 0 Å². The molecule has 0 radical (unpaired) electrons. The third-order valence-corrected chi connectivity index (χ3v) is 3.72. The molecule has 1 N–H and O–H groups in total. The third kappa shape index (κ3) is 3.14. The molecule has 3 heteroatoms. The molecule has 0 aromatic heterocycles. The van der Waals surface area contributed by atoms with Gasteiger partial charge in [0.2, 0.25) is 0 Å². The van der Waals surface area contributed by atoms with Gasteiger partial charge in [-0.15, -0.1) is 11.8 Å². The minimum absolute atomic E-state index is 0.129. The molecule has 16 heavy (non-hydrogen) atoms. The van der Waals surface area contributed by atoms with Crippen molar-refractivity contribution in [3.05, 3.63) is 24.0 Å². The normalized spacial score (nSPS) is 17.2. The van der Waals surface area contributed by atoms with Crippen LogP contribution in [0.4, 0.5) is 10.1 Å². The fourth-order valence-corrected chi connectivity index (χ4v) is 2.41. The molecule has 0 amide bonds. The van der Waals surface area contributed by atoms with Gasteiger partial charge in [-0.05, 0) is 43.7 Å². The van der Waals surface area contributed by atoms with Crippen molar-refractivity contribution in [1.29, 1.82) is 0 Å². The molecule has 1 aliphatic carbocycles. The lowest BCUT2D eigenvalue weighted by molar-refractivity contribution is 0.600. The van der Waals surface area contributed by atoms with Crippen molar-refractivity contribution in [3.63, 3.8) is 0 Å². The molecular formula is C13H18FNS. The highest BCUT2D eigenvalue weighted by atomic mass is 32.2. The first-order valence-corrected chi connectivity index (χ1v) is 7.01. The molecule has 0 saturated heterocycles. The van der Waals surface area contributed by atoms with Crippen LogP contribution < -0.4 is 5.32 Å². The first-order valence-electron chi connectivity index (χ1n) is 5.79. The Kier molecular flexibility index (Phi) is 3.74. The van der Waals surface area contributed by atoms with E-state index in [-0.39, 0.29) is 5.82 Å². The fraction of sp³-hybridized carbons (Fsp3) is 0.538. The molecule has 1 unspecified atom stereocenters. The van der Waals surface area contributed by atoms with Crippen LogP contribution in [0, 0.1) is 11.7 Å². The summed E-state index contributed by atoms with van der Waals surface area (Å²) in [4.78, 5) is 0.709. The second kappa shape index (κ2) is 5.09. The van der Waals surface area contributed by atoms with Crippen LogP contribution in [-0.4, -0.2) is 12.3 Å². The number of rotatable bonds is 5. The maximum atomic E-state index is 13.5. The Labute approximate surface area is 101 Å². The van der Waals surface area contributed by atoms with Gasteiger partial charge in [0.05, 0.1) is 0 Å². The van der Waals surface area contributed by atoms with Crippen LogP contribution in [-0.2, 0) is 0 Å². The van der Waals surface area contributed by atoms with Crippen molar-refractivity contribution in [2.45, 2.75) is 37.1 Å². The zero-order chi connectivity index (χ0) is 11.5. The van der Waals surface area contributed by atoms with Gasteiger partial charge in [0, 0.05) is 16.6 Å². The van der Waals surface area contributed by atoms with Gasteiger partial charge in [-0.2, -0.15) is 0 Å². The number of anilines is 1. The Hall–Kier alpha value is -0.700. The molecule has 1 aliphatic rings. The van der Waals surface area contributed by atoms with E-state index < -0.39 is 0 Å². The van der Waals surface area contributed by atoms with E-state index in [1.165, 1.54) is 31.0 Å². The van der Waals surface area contributed by atoms with E-state index in [1.54, 1.807) is 6.07 Å². The van der Waals surface area contributed by atoms with Crippen molar-refractivity contribution in [1.82, 2.24) is 0 Å². The van der Waals surface area contributed by atoms with Gasteiger partial charge in [-0.1, -0.05) is 12.8 Å². The molecule has 1 nitrogen and oxygen atoms in total. The summed E-state index contributed by atoms with van der Waals surface area (Å²) in [6.45, 7) is 2.17. The summed E-state index contributed by atoms with van der Waals surface area (Å²) in [6, 6.07) is 5.83. The number of halogens is 1. The first-order chi connectivity index (χ1) is 7.69. The van der Waals surface area contributed by atoms with E-state index in [9.17, 15) is 4.39 Å². The van der Waals surface area contributed by atoms with Crippen molar-refractivity contribution in [2.75, 3.05) is 11.6 Å². The van der Waals surface area contributed by atoms with Crippen LogP contribution in [0.2, 0.25) is 0 Å². The quantitative estimate of drug-likeness (QED) is 0.775. The second-order valence-electron chi connectivity index (χ2n) is 4.57. The molecule has 1 atom stereocenters. The summed E-state index contributed by atoms with van der Waals surface area (Å²) in [7, 11) is 0. The number of nitrogens with one attached hydrogen (secondary N) is 1. The first kappa shape index (κ1) is 11.8. The fourth-order valence-electron chi connectivity index (χ4n) is 1.95. The standard InChI is InChI=1S/C13H18FNS/c1-9(7-10-3-4-10)15-11-5-6-13(16-2)12(14)8-11/h5-6,8-10,15H,3-4,7H2,1-2H3. The molecule has 2 rings (SSSR count). The molecule has 1 aromatic rings. The van der Waals surface area contributed by atoms with Crippen LogP contribution in [0.1, 0.15) is 26.2 Å². The van der Waals surface area contributed by atoms with E-state index in [4.69, 9.17) is 0 Å². The van der Waals surface area contributed by atoms with Crippen molar-refractivity contribution in [2.24, 2.45) is 5.92 Å². The monoisotopic (exact) mass is 239 g/mol. The van der Waals surface area contributed by atoms with Crippen LogP contribution in [0.5, 0.6) is 0 Å². The van der Waals surface area contributed by atoms with Crippen LogP contribution >= 0.6 is 11.8 Å². The number of hydrogen-bond donors (Lipinski definition) is 1. The third-order valence-electron chi connectivity index (χ3n) is 2.95. The molecule has 1 fully saturated rings. The topological polar surface area (TPSA) is 12.0 Å². The van der Waals surface area contributed by atoms with E-state index in [1.807, 2.05) is 18.4 Å². The zero-order valence-electron chi connectivity index (χ0n) is 9.79. The predicted molar refractivity (Wildman–Crippen MR) is 68.6 cm³/mol. The molecule has 0 bridgehead atoms. The van der Waals surface area contributed by atoms with E-state index >= 15 is 0 Å². The average Bonchev–Trinajstić information content (AvgIpc) is 3.01. The summed E-state index contributed by atoms with van der Waals surface area (Å²) in [5.74, 6) is 0.772. The highest BCUT2D eigenvalue weighted by Crippen LogP contribution is 2.34. The summed E-state index contributed by atoms with van der Waals surface area (Å²) in [5, 5.41) is 3.36. The summed E-state index contributed by atoms with van der Waals surface area (Å²) in [5.41, 5.74) is 0.892. The summed E-state index contributed by atoms with van der Waals surface area (Å²) < 4.78 is 13.5. The summed E-state index contributed by atoms with van der Waals surface area (Å²) in [6.07, 6.45) is 5.82. The largest absolute Gasteiger partial charge is 0.382 e. The number of hydrogen-bond acceptors (Lipinski definition) is 2. The van der Waals surface area contributed by atoms with E-state index in [0.29, 0.717) is 10.9 Å². The maximum absolute atomic E-state index is 13.5. The highest BCUT2D eigenvalue weighted by Gasteiger charge is 2.23. The molecular weight excluding hydrogens is 221 g/mol. The van der Waals surface area contributed by atoms with Crippen molar-refractivity contribution in [3.8, 4) is 0 Å². The minimum atomic E-state index is -0.129. The molecule has 0 aliphatic heterocycles. The number of benzene rings is 1. The van der Waals surface area contributed by atoms with Gasteiger partial charge < -0.3 is 5.32 Å². The molecule has 1 saturated carbocycles. The Morgan fingerprint density at radius 3 is 2.81 bits per heavy atom. The highest BCUT2D eigenvalue weighted by molar-refractivity contribution is 7.98. The molecule has 0 spiro atoms. The van der Waals surface area contributed by atoms with E-state index in [2.05, 4.69) is 12.2 Å². The van der Waals surface area contributed by atoms with Crippen LogP contribution in [0.25, 0.3) is 0 Å². The molecule has 1 aromatic carbocycles. The Bertz CT molecular complexity index is 363. The lowest BCUT2D eigenvalue weighted by Crippen LogP contribution is -2.15. The van der Waals surface area contributed by atoms with Gasteiger partial charge in [-0.25, -0.2) is 4.39 Å². The van der Waals surface area contributed by atoms with Crippen molar-refractivity contribution < 1.29 is 4.39 Å². The molecule has 88 valence electrons. The van der Waals surface area contributed by atoms with E-state index in [0.717, 1.165) is 11.6 Å². The van der Waals surface area contributed by atoms with Gasteiger partial charge in [0.25, 0.3) is 0 Å². The second-order valence-corrected chi connectivity index (χ2v) is 5.42. The van der Waals surface area contributed by atoms with Gasteiger partial charge in [-0.3, -0.25) is 0 Å².